The van der Waals surface area contributed by atoms with Crippen LogP contribution in [0.3, 0.4) is 0 Å². The second-order valence-electron chi connectivity index (χ2n) is 4.46. The van der Waals surface area contributed by atoms with E-state index in [1.165, 1.54) is 6.07 Å². The van der Waals surface area contributed by atoms with Gasteiger partial charge in [0.15, 0.2) is 0 Å². The van der Waals surface area contributed by atoms with Crippen LogP contribution in [0.1, 0.15) is 25.0 Å². The lowest BCUT2D eigenvalue weighted by molar-refractivity contribution is 0.189. The SMILES string of the molecule is Cc1ccc(F)cc1CC(CO)C(C)C. The molecule has 1 N–H and O–H groups in total. The zero-order chi connectivity index (χ0) is 11.4. The van der Waals surface area contributed by atoms with E-state index in [-0.39, 0.29) is 18.3 Å². The molecule has 1 unspecified atom stereocenters. The van der Waals surface area contributed by atoms with Gasteiger partial charge in [-0.15, -0.1) is 0 Å². The Labute approximate surface area is 90.9 Å². The summed E-state index contributed by atoms with van der Waals surface area (Å²) in [7, 11) is 0. The van der Waals surface area contributed by atoms with Crippen molar-refractivity contribution >= 4 is 0 Å². The van der Waals surface area contributed by atoms with Gasteiger partial charge in [-0.1, -0.05) is 19.9 Å². The van der Waals surface area contributed by atoms with Gasteiger partial charge in [-0.3, -0.25) is 0 Å². The lowest BCUT2D eigenvalue weighted by Crippen LogP contribution is -2.16. The largest absolute Gasteiger partial charge is 0.396 e. The number of rotatable bonds is 4. The van der Waals surface area contributed by atoms with E-state index < -0.39 is 0 Å². The number of benzene rings is 1. The van der Waals surface area contributed by atoms with Gasteiger partial charge in [0.05, 0.1) is 0 Å². The van der Waals surface area contributed by atoms with Crippen molar-refractivity contribution in [3.05, 3.63) is 35.1 Å². The highest BCUT2D eigenvalue weighted by Crippen LogP contribution is 2.20. The summed E-state index contributed by atoms with van der Waals surface area (Å²) >= 11 is 0. The molecule has 1 aromatic rings. The molecule has 0 saturated heterocycles. The fourth-order valence-electron chi connectivity index (χ4n) is 1.65. The van der Waals surface area contributed by atoms with Crippen LogP contribution in [0.15, 0.2) is 18.2 Å². The molecular weight excluding hydrogens is 191 g/mol. The van der Waals surface area contributed by atoms with Gasteiger partial charge in [0, 0.05) is 6.61 Å². The molecular formula is C13H19FO. The first-order chi connectivity index (χ1) is 7.04. The molecule has 1 atom stereocenters. The first kappa shape index (κ1) is 12.2. The van der Waals surface area contributed by atoms with Crippen LogP contribution in [0.2, 0.25) is 0 Å². The third kappa shape index (κ3) is 3.31. The third-order valence-electron chi connectivity index (χ3n) is 2.97. The van der Waals surface area contributed by atoms with E-state index in [2.05, 4.69) is 13.8 Å². The molecule has 1 aromatic carbocycles. The van der Waals surface area contributed by atoms with E-state index in [9.17, 15) is 9.50 Å². The van der Waals surface area contributed by atoms with Crippen molar-refractivity contribution < 1.29 is 9.50 Å². The number of aryl methyl sites for hydroxylation is 1. The predicted octanol–water partition coefficient (Wildman–Crippen LogP) is 2.94. The Morgan fingerprint density at radius 2 is 2.00 bits per heavy atom. The zero-order valence-electron chi connectivity index (χ0n) is 9.63. The summed E-state index contributed by atoms with van der Waals surface area (Å²) in [5.74, 6) is 0.430. The molecule has 0 aromatic heterocycles. The fraction of sp³-hybridized carbons (Fsp3) is 0.538. The third-order valence-corrected chi connectivity index (χ3v) is 2.97. The Hall–Kier alpha value is -0.890. The lowest BCUT2D eigenvalue weighted by atomic mass is 9.88. The Bertz CT molecular complexity index is 320. The number of halogens is 1. The summed E-state index contributed by atoms with van der Waals surface area (Å²) in [6.45, 7) is 6.29. The Kier molecular flexibility index (Phi) is 4.28. The van der Waals surface area contributed by atoms with Crippen molar-refractivity contribution in [2.75, 3.05) is 6.61 Å². The quantitative estimate of drug-likeness (QED) is 0.810. The molecule has 0 saturated carbocycles. The van der Waals surface area contributed by atoms with Crippen molar-refractivity contribution in [2.45, 2.75) is 27.2 Å². The molecule has 0 fully saturated rings. The Morgan fingerprint density at radius 3 is 2.53 bits per heavy atom. The molecule has 0 aliphatic rings. The summed E-state index contributed by atoms with van der Waals surface area (Å²) in [6.07, 6.45) is 0.748. The van der Waals surface area contributed by atoms with Gasteiger partial charge in [0.1, 0.15) is 5.82 Å². The van der Waals surface area contributed by atoms with E-state index in [0.717, 1.165) is 17.5 Å². The summed E-state index contributed by atoms with van der Waals surface area (Å²) in [5, 5.41) is 9.22. The molecule has 2 heteroatoms. The molecule has 0 spiro atoms. The minimum atomic E-state index is -0.198. The van der Waals surface area contributed by atoms with E-state index in [4.69, 9.17) is 0 Å². The zero-order valence-corrected chi connectivity index (χ0v) is 9.63. The molecule has 0 aliphatic carbocycles. The van der Waals surface area contributed by atoms with Gasteiger partial charge in [-0.2, -0.15) is 0 Å². The molecule has 1 nitrogen and oxygen atoms in total. The van der Waals surface area contributed by atoms with Crippen LogP contribution in [-0.4, -0.2) is 11.7 Å². The predicted molar refractivity (Wildman–Crippen MR) is 60.3 cm³/mol. The van der Waals surface area contributed by atoms with Crippen LogP contribution in [0, 0.1) is 24.6 Å². The highest BCUT2D eigenvalue weighted by Gasteiger charge is 2.14. The van der Waals surface area contributed by atoms with Crippen molar-refractivity contribution in [3.8, 4) is 0 Å². The molecule has 0 heterocycles. The number of aliphatic hydroxyl groups excluding tert-OH is 1. The summed E-state index contributed by atoms with van der Waals surface area (Å²) < 4.78 is 13.0. The maximum Gasteiger partial charge on any atom is 0.123 e. The average molecular weight is 210 g/mol. The maximum absolute atomic E-state index is 13.0. The summed E-state index contributed by atoms with van der Waals surface area (Å²) in [5.41, 5.74) is 2.10. The van der Waals surface area contributed by atoms with Crippen LogP contribution >= 0.6 is 0 Å². The highest BCUT2D eigenvalue weighted by atomic mass is 19.1. The van der Waals surface area contributed by atoms with Gasteiger partial charge < -0.3 is 5.11 Å². The van der Waals surface area contributed by atoms with Gasteiger partial charge in [0.25, 0.3) is 0 Å². The molecule has 0 bridgehead atoms. The minimum Gasteiger partial charge on any atom is -0.396 e. The monoisotopic (exact) mass is 210 g/mol. The second kappa shape index (κ2) is 5.26. The van der Waals surface area contributed by atoms with Crippen molar-refractivity contribution in [1.82, 2.24) is 0 Å². The van der Waals surface area contributed by atoms with Crippen LogP contribution in [0.25, 0.3) is 0 Å². The number of hydrogen-bond acceptors (Lipinski definition) is 1. The Morgan fingerprint density at radius 1 is 1.33 bits per heavy atom. The van der Waals surface area contributed by atoms with Crippen molar-refractivity contribution in [3.63, 3.8) is 0 Å². The van der Waals surface area contributed by atoms with E-state index in [0.29, 0.717) is 5.92 Å². The van der Waals surface area contributed by atoms with E-state index in [1.807, 2.05) is 6.92 Å². The molecule has 0 aliphatic heterocycles. The lowest BCUT2D eigenvalue weighted by Gasteiger charge is -2.19. The number of aliphatic hydroxyl groups is 1. The molecule has 1 rings (SSSR count). The summed E-state index contributed by atoms with van der Waals surface area (Å²) in [4.78, 5) is 0. The van der Waals surface area contributed by atoms with E-state index >= 15 is 0 Å². The minimum absolute atomic E-state index is 0.160. The first-order valence-electron chi connectivity index (χ1n) is 5.40. The van der Waals surface area contributed by atoms with Crippen LogP contribution in [-0.2, 0) is 6.42 Å². The molecule has 0 radical (unpaired) electrons. The van der Waals surface area contributed by atoms with Crippen molar-refractivity contribution in [1.29, 1.82) is 0 Å². The molecule has 0 amide bonds. The second-order valence-corrected chi connectivity index (χ2v) is 4.46. The molecule has 84 valence electrons. The van der Waals surface area contributed by atoms with Crippen LogP contribution in [0.4, 0.5) is 4.39 Å². The van der Waals surface area contributed by atoms with Gasteiger partial charge in [0.2, 0.25) is 0 Å². The average Bonchev–Trinajstić information content (AvgIpc) is 2.18. The van der Waals surface area contributed by atoms with E-state index in [1.54, 1.807) is 12.1 Å². The van der Waals surface area contributed by atoms with Crippen molar-refractivity contribution in [2.24, 2.45) is 11.8 Å². The molecule has 15 heavy (non-hydrogen) atoms. The van der Waals surface area contributed by atoms with Gasteiger partial charge >= 0.3 is 0 Å². The Balaban J connectivity index is 2.82. The van der Waals surface area contributed by atoms with Crippen LogP contribution < -0.4 is 0 Å². The maximum atomic E-state index is 13.0. The van der Waals surface area contributed by atoms with Gasteiger partial charge in [-0.25, -0.2) is 4.39 Å². The number of hydrogen-bond donors (Lipinski definition) is 1. The smallest absolute Gasteiger partial charge is 0.123 e. The first-order valence-corrected chi connectivity index (χ1v) is 5.40. The normalized spacial score (nSPS) is 13.2. The van der Waals surface area contributed by atoms with Gasteiger partial charge in [-0.05, 0) is 48.4 Å². The topological polar surface area (TPSA) is 20.2 Å². The summed E-state index contributed by atoms with van der Waals surface area (Å²) in [6, 6.07) is 4.84. The highest BCUT2D eigenvalue weighted by molar-refractivity contribution is 5.27. The fourth-order valence-corrected chi connectivity index (χ4v) is 1.65. The standard InChI is InChI=1S/C13H19FO/c1-9(2)12(8-15)6-11-7-13(14)5-4-10(11)3/h4-5,7,9,12,15H,6,8H2,1-3H3. The van der Waals surface area contributed by atoms with Crippen LogP contribution in [0.5, 0.6) is 0 Å².